The summed E-state index contributed by atoms with van der Waals surface area (Å²) in [5.74, 6) is -0.639. The van der Waals surface area contributed by atoms with E-state index < -0.39 is 16.0 Å². The minimum atomic E-state index is -3.97. The van der Waals surface area contributed by atoms with E-state index in [9.17, 15) is 13.5 Å². The zero-order chi connectivity index (χ0) is 20.0. The molecule has 1 aromatic carbocycles. The largest absolute Gasteiger partial charge is 0.609 e. The average molecular weight is 407 g/mol. The molecule has 144 valence electrons. The Bertz CT molecular complexity index is 965. The lowest BCUT2D eigenvalue weighted by Crippen LogP contribution is -2.39. The van der Waals surface area contributed by atoms with Gasteiger partial charge in [-0.3, -0.25) is 0 Å². The van der Waals surface area contributed by atoms with Gasteiger partial charge < -0.3 is 9.84 Å². The molecule has 0 unspecified atom stereocenters. The van der Waals surface area contributed by atoms with Gasteiger partial charge in [-0.2, -0.15) is 13.0 Å². The number of sulfonamides is 1. The Morgan fingerprint density at radius 1 is 1.19 bits per heavy atom. The van der Waals surface area contributed by atoms with E-state index in [4.69, 9.17) is 4.74 Å². The molecule has 0 saturated heterocycles. The second-order valence-corrected chi connectivity index (χ2v) is 8.15. The van der Waals surface area contributed by atoms with Crippen molar-refractivity contribution >= 4 is 32.5 Å². The average Bonchev–Trinajstić information content (AvgIpc) is 2.61. The number of benzene rings is 1. The first kappa shape index (κ1) is 21.0. The Balaban J connectivity index is 2.63. The molecular weight excluding hydrogens is 384 g/mol. The van der Waals surface area contributed by atoms with Gasteiger partial charge >= 0.3 is 0 Å². The molecular formula is C19H22N2O4S2. The number of ether oxygens (including phenoxy) is 1. The van der Waals surface area contributed by atoms with Gasteiger partial charge in [-0.05, 0) is 44.9 Å². The van der Waals surface area contributed by atoms with E-state index in [1.54, 1.807) is 43.8 Å². The molecule has 0 amide bonds. The van der Waals surface area contributed by atoms with E-state index in [2.05, 4.69) is 4.40 Å². The maximum atomic E-state index is 12.7. The van der Waals surface area contributed by atoms with Crippen molar-refractivity contribution in [2.45, 2.75) is 25.7 Å². The standard InChI is InChI=1S/C19H22N2O4S2/c1-5-25-19(22)17(21-12-6-7-15(3)13-21)18(26-4)20-27(23,24)16-10-8-14(2)9-11-16/h6-13H,5H2,1-4H3. The van der Waals surface area contributed by atoms with Crippen molar-refractivity contribution in [2.24, 2.45) is 4.40 Å². The Morgan fingerprint density at radius 3 is 2.41 bits per heavy atom. The molecule has 0 spiro atoms. The Labute approximate surface area is 164 Å². The monoisotopic (exact) mass is 406 g/mol. The molecule has 0 aliphatic rings. The number of rotatable bonds is 6. The summed E-state index contributed by atoms with van der Waals surface area (Å²) in [5, 5.41) is 12.6. The summed E-state index contributed by atoms with van der Waals surface area (Å²) < 4.78 is 36.0. The normalized spacial score (nSPS) is 13.3. The summed E-state index contributed by atoms with van der Waals surface area (Å²) in [6.45, 7) is 5.60. The number of aryl methyl sites for hydroxylation is 2. The van der Waals surface area contributed by atoms with Gasteiger partial charge in [0.15, 0.2) is 17.4 Å². The summed E-state index contributed by atoms with van der Waals surface area (Å²) in [4.78, 5) is 0.0668. The first-order chi connectivity index (χ1) is 12.8. The summed E-state index contributed by atoms with van der Waals surface area (Å²) >= 11 is 1.07. The smallest absolute Gasteiger partial charge is 0.283 e. The molecule has 1 heterocycles. The maximum absolute atomic E-state index is 12.7. The molecule has 1 aromatic heterocycles. The first-order valence-corrected chi connectivity index (χ1v) is 10.9. The molecule has 0 radical (unpaired) electrons. The van der Waals surface area contributed by atoms with Gasteiger partial charge in [0.2, 0.25) is 0 Å². The number of hydrogen-bond acceptors (Lipinski definition) is 5. The van der Waals surface area contributed by atoms with E-state index in [1.807, 2.05) is 19.9 Å². The van der Waals surface area contributed by atoms with Crippen LogP contribution in [0.4, 0.5) is 0 Å². The molecule has 8 heteroatoms. The van der Waals surface area contributed by atoms with E-state index in [1.165, 1.54) is 16.7 Å². The first-order valence-electron chi connectivity index (χ1n) is 8.27. The molecule has 0 aliphatic carbocycles. The van der Waals surface area contributed by atoms with Gasteiger partial charge in [-0.15, -0.1) is 16.2 Å². The van der Waals surface area contributed by atoms with Crippen LogP contribution in [0.5, 0.6) is 0 Å². The van der Waals surface area contributed by atoms with E-state index in [-0.39, 0.29) is 22.2 Å². The number of pyridine rings is 1. The number of aromatic nitrogens is 1. The summed E-state index contributed by atoms with van der Waals surface area (Å²) in [6.07, 6.45) is 5.04. The lowest BCUT2D eigenvalue weighted by Gasteiger charge is -2.15. The lowest BCUT2D eigenvalue weighted by molar-refractivity contribution is -0.583. The lowest BCUT2D eigenvalue weighted by atomic mass is 10.2. The zero-order valence-electron chi connectivity index (χ0n) is 15.7. The zero-order valence-corrected chi connectivity index (χ0v) is 17.3. The predicted molar refractivity (Wildman–Crippen MR) is 106 cm³/mol. The fourth-order valence-corrected chi connectivity index (χ4v) is 4.15. The third kappa shape index (κ3) is 5.33. The van der Waals surface area contributed by atoms with Crippen LogP contribution < -0.4 is 9.67 Å². The van der Waals surface area contributed by atoms with Gasteiger partial charge in [0, 0.05) is 11.6 Å². The van der Waals surface area contributed by atoms with Gasteiger partial charge in [-0.1, -0.05) is 24.6 Å². The molecule has 0 atom stereocenters. The maximum Gasteiger partial charge on any atom is 0.283 e. The van der Waals surface area contributed by atoms with Crippen LogP contribution in [-0.2, 0) is 14.8 Å². The molecule has 0 fully saturated rings. The second kappa shape index (κ2) is 9.05. The van der Waals surface area contributed by atoms with Crippen molar-refractivity contribution in [3.8, 4) is 0 Å². The highest BCUT2D eigenvalue weighted by Crippen LogP contribution is 2.19. The van der Waals surface area contributed by atoms with Crippen LogP contribution in [0.15, 0.2) is 64.0 Å². The fourth-order valence-electron chi connectivity index (χ4n) is 2.28. The van der Waals surface area contributed by atoms with E-state index >= 15 is 0 Å². The minimum Gasteiger partial charge on any atom is -0.609 e. The van der Waals surface area contributed by atoms with Crippen molar-refractivity contribution in [3.05, 3.63) is 65.9 Å². The summed E-state index contributed by atoms with van der Waals surface area (Å²) in [6, 6.07) is 10.0. The van der Waals surface area contributed by atoms with Crippen molar-refractivity contribution in [2.75, 3.05) is 12.9 Å². The third-order valence-electron chi connectivity index (χ3n) is 3.59. The van der Waals surface area contributed by atoms with Crippen molar-refractivity contribution < 1.29 is 22.8 Å². The van der Waals surface area contributed by atoms with Crippen LogP contribution in [0.2, 0.25) is 0 Å². The van der Waals surface area contributed by atoms with Crippen LogP contribution >= 0.6 is 11.8 Å². The molecule has 2 aromatic rings. The highest BCUT2D eigenvalue weighted by Gasteiger charge is 2.24. The highest BCUT2D eigenvalue weighted by atomic mass is 32.2. The number of nitrogens with zero attached hydrogens (tertiary/aromatic N) is 2. The molecule has 0 aliphatic heterocycles. The number of hydrogen-bond donors (Lipinski definition) is 0. The molecule has 0 N–H and O–H groups in total. The Morgan fingerprint density at radius 2 is 1.85 bits per heavy atom. The number of thioether (sulfide) groups is 1. The topological polar surface area (TPSA) is 82.7 Å². The van der Waals surface area contributed by atoms with Gasteiger partial charge in [0.25, 0.3) is 15.7 Å². The van der Waals surface area contributed by atoms with E-state index in [0.717, 1.165) is 22.9 Å². The molecule has 2 rings (SSSR count). The fraction of sp³-hybridized carbons (Fsp3) is 0.263. The van der Waals surface area contributed by atoms with Crippen molar-refractivity contribution in [1.29, 1.82) is 0 Å². The molecule has 0 saturated carbocycles. The summed E-state index contributed by atoms with van der Waals surface area (Å²) in [7, 11) is -3.97. The summed E-state index contributed by atoms with van der Waals surface area (Å²) in [5.41, 5.74) is 1.90. The van der Waals surface area contributed by atoms with Crippen LogP contribution in [0.3, 0.4) is 0 Å². The van der Waals surface area contributed by atoms with Crippen LogP contribution in [0.25, 0.3) is 5.70 Å². The van der Waals surface area contributed by atoms with Gasteiger partial charge in [-0.25, -0.2) is 0 Å². The Hall–Kier alpha value is -2.32. The van der Waals surface area contributed by atoms with Crippen LogP contribution in [-0.4, -0.2) is 26.3 Å². The highest BCUT2D eigenvalue weighted by molar-refractivity contribution is 8.15. The molecule has 0 bridgehead atoms. The SMILES string of the molecule is CCO/C([O-])=C(/C(=N/S(=O)(=O)c1ccc(C)cc1)SC)[n+]1cccc(C)c1. The van der Waals surface area contributed by atoms with E-state index in [0.29, 0.717) is 0 Å². The predicted octanol–water partition coefficient (Wildman–Crippen LogP) is 2.26. The van der Waals surface area contributed by atoms with Crippen molar-refractivity contribution in [3.63, 3.8) is 0 Å². The molecule has 27 heavy (non-hydrogen) atoms. The Kier molecular flexibility index (Phi) is 7.04. The molecule has 6 nitrogen and oxygen atoms in total. The van der Waals surface area contributed by atoms with Crippen LogP contribution in [0.1, 0.15) is 18.1 Å². The minimum absolute atomic E-state index is 0.0590. The van der Waals surface area contributed by atoms with Gasteiger partial charge in [0.05, 0.1) is 4.90 Å². The quantitative estimate of drug-likeness (QED) is 0.318. The van der Waals surface area contributed by atoms with Crippen LogP contribution in [0, 0.1) is 13.8 Å². The second-order valence-electron chi connectivity index (χ2n) is 5.75. The van der Waals surface area contributed by atoms with Gasteiger partial charge in [0.1, 0.15) is 5.95 Å². The van der Waals surface area contributed by atoms with Crippen molar-refractivity contribution in [1.82, 2.24) is 0 Å². The third-order valence-corrected chi connectivity index (χ3v) is 5.67.